The third kappa shape index (κ3) is 3.59. The highest BCUT2D eigenvalue weighted by Gasteiger charge is 2.52. The lowest BCUT2D eigenvalue weighted by atomic mass is 9.80. The van der Waals surface area contributed by atoms with Crippen molar-refractivity contribution in [1.29, 1.82) is 0 Å². The first-order valence-electron chi connectivity index (χ1n) is 7.46. The van der Waals surface area contributed by atoms with Crippen LogP contribution in [0.25, 0.3) is 0 Å². The van der Waals surface area contributed by atoms with Gasteiger partial charge in [-0.3, -0.25) is 9.59 Å². The number of carboxylic acid groups (broad SMARTS) is 1. The van der Waals surface area contributed by atoms with Crippen molar-refractivity contribution in [2.75, 3.05) is 20.0 Å². The molecule has 0 amide bonds. The summed E-state index contributed by atoms with van der Waals surface area (Å²) in [7, 11) is 0. The van der Waals surface area contributed by atoms with Crippen LogP contribution in [0.1, 0.15) is 40.5 Å². The number of ether oxygens (including phenoxy) is 3. The maximum atomic E-state index is 12.5. The topological polar surface area (TPSA) is 94.1 Å². The van der Waals surface area contributed by atoms with E-state index in [0.29, 0.717) is 12.8 Å². The SMILES string of the molecule is CC1(C)CC(OC(=O)C2(C(=O)O)COCOC2)CC(C)(C)N1. The van der Waals surface area contributed by atoms with Crippen LogP contribution in [0.5, 0.6) is 0 Å². The van der Waals surface area contributed by atoms with Gasteiger partial charge < -0.3 is 24.6 Å². The van der Waals surface area contributed by atoms with Crippen molar-refractivity contribution in [3.8, 4) is 0 Å². The highest BCUT2D eigenvalue weighted by Crippen LogP contribution is 2.33. The lowest BCUT2D eigenvalue weighted by molar-refractivity contribution is -0.209. The van der Waals surface area contributed by atoms with Crippen LogP contribution in [0, 0.1) is 5.41 Å². The Hall–Kier alpha value is -1.18. The van der Waals surface area contributed by atoms with Gasteiger partial charge in [0.2, 0.25) is 5.41 Å². The second-order valence-corrected chi connectivity index (χ2v) is 7.53. The van der Waals surface area contributed by atoms with Gasteiger partial charge in [-0.2, -0.15) is 0 Å². The highest BCUT2D eigenvalue weighted by molar-refractivity contribution is 5.99. The Balaban J connectivity index is 2.11. The molecule has 0 saturated carbocycles. The van der Waals surface area contributed by atoms with Crippen molar-refractivity contribution in [2.24, 2.45) is 5.41 Å². The summed E-state index contributed by atoms with van der Waals surface area (Å²) in [6, 6.07) is 0. The fourth-order valence-corrected chi connectivity index (χ4v) is 3.44. The predicted molar refractivity (Wildman–Crippen MR) is 77.2 cm³/mol. The summed E-state index contributed by atoms with van der Waals surface area (Å²) >= 11 is 0. The van der Waals surface area contributed by atoms with Crippen LogP contribution in [0.4, 0.5) is 0 Å². The van der Waals surface area contributed by atoms with Gasteiger partial charge in [0.05, 0.1) is 13.2 Å². The van der Waals surface area contributed by atoms with Gasteiger partial charge in [0.15, 0.2) is 0 Å². The average Bonchev–Trinajstić information content (AvgIpc) is 2.35. The normalized spacial score (nSPS) is 27.1. The minimum Gasteiger partial charge on any atom is -0.480 e. The zero-order valence-corrected chi connectivity index (χ0v) is 13.6. The number of hydrogen-bond acceptors (Lipinski definition) is 6. The number of piperidine rings is 1. The molecule has 0 atom stereocenters. The molecule has 2 aliphatic heterocycles. The van der Waals surface area contributed by atoms with E-state index in [1.165, 1.54) is 0 Å². The summed E-state index contributed by atoms with van der Waals surface area (Å²) in [5, 5.41) is 12.9. The summed E-state index contributed by atoms with van der Waals surface area (Å²) in [6.45, 7) is 7.69. The van der Waals surface area contributed by atoms with Crippen LogP contribution >= 0.6 is 0 Å². The molecule has 22 heavy (non-hydrogen) atoms. The van der Waals surface area contributed by atoms with Gasteiger partial charge in [0.1, 0.15) is 12.9 Å². The van der Waals surface area contributed by atoms with Crippen LogP contribution in [0.2, 0.25) is 0 Å². The largest absolute Gasteiger partial charge is 0.480 e. The van der Waals surface area contributed by atoms with Gasteiger partial charge >= 0.3 is 11.9 Å². The monoisotopic (exact) mass is 315 g/mol. The summed E-state index contributed by atoms with van der Waals surface area (Å²) < 4.78 is 15.6. The van der Waals surface area contributed by atoms with E-state index in [-0.39, 0.29) is 37.2 Å². The van der Waals surface area contributed by atoms with Crippen molar-refractivity contribution < 1.29 is 28.9 Å². The molecule has 2 heterocycles. The lowest BCUT2D eigenvalue weighted by Gasteiger charge is -2.46. The fraction of sp³-hybridized carbons (Fsp3) is 0.867. The third-order valence-electron chi connectivity index (χ3n) is 4.09. The van der Waals surface area contributed by atoms with Crippen molar-refractivity contribution in [3.05, 3.63) is 0 Å². The predicted octanol–water partition coefficient (Wildman–Crippen LogP) is 0.914. The number of carboxylic acids is 1. The van der Waals surface area contributed by atoms with Gasteiger partial charge in [0, 0.05) is 23.9 Å². The van der Waals surface area contributed by atoms with Gasteiger partial charge in [-0.15, -0.1) is 0 Å². The molecule has 0 unspecified atom stereocenters. The first-order valence-corrected chi connectivity index (χ1v) is 7.46. The molecule has 0 spiro atoms. The Morgan fingerprint density at radius 1 is 1.09 bits per heavy atom. The molecule has 0 aromatic carbocycles. The fourth-order valence-electron chi connectivity index (χ4n) is 3.44. The van der Waals surface area contributed by atoms with Crippen LogP contribution in [0.15, 0.2) is 0 Å². The lowest BCUT2D eigenvalue weighted by Crippen LogP contribution is -2.60. The third-order valence-corrected chi connectivity index (χ3v) is 4.09. The molecule has 2 N–H and O–H groups in total. The molecule has 0 aliphatic carbocycles. The minimum atomic E-state index is -1.77. The molecule has 0 bridgehead atoms. The van der Waals surface area contributed by atoms with Gasteiger partial charge in [0.25, 0.3) is 0 Å². The number of rotatable bonds is 3. The van der Waals surface area contributed by atoms with E-state index in [0.717, 1.165) is 0 Å². The molecule has 2 saturated heterocycles. The molecule has 0 radical (unpaired) electrons. The maximum Gasteiger partial charge on any atom is 0.328 e. The van der Waals surface area contributed by atoms with Gasteiger partial charge in [-0.25, -0.2) is 0 Å². The standard InChI is InChI=1S/C15H25NO6/c1-13(2)5-10(6-14(3,4)16-13)22-12(19)15(11(17)18)7-20-9-21-8-15/h10,16H,5-9H2,1-4H3,(H,17,18). The quantitative estimate of drug-likeness (QED) is 0.590. The van der Waals surface area contributed by atoms with Crippen molar-refractivity contribution in [2.45, 2.75) is 57.7 Å². The maximum absolute atomic E-state index is 12.5. The summed E-state index contributed by atoms with van der Waals surface area (Å²) in [5.74, 6) is -2.05. The second kappa shape index (κ2) is 5.79. The molecule has 0 aromatic rings. The number of hydrogen-bond donors (Lipinski definition) is 2. The average molecular weight is 315 g/mol. The minimum absolute atomic E-state index is 0.00425. The van der Waals surface area contributed by atoms with Crippen molar-refractivity contribution >= 4 is 11.9 Å². The molecule has 7 heteroatoms. The van der Waals surface area contributed by atoms with Crippen molar-refractivity contribution in [1.82, 2.24) is 5.32 Å². The molecular formula is C15H25NO6. The summed E-state index contributed by atoms with van der Waals surface area (Å²) in [6.07, 6.45) is 0.913. The summed E-state index contributed by atoms with van der Waals surface area (Å²) in [5.41, 5.74) is -2.15. The number of esters is 1. The molecule has 2 fully saturated rings. The van der Waals surface area contributed by atoms with Crippen molar-refractivity contribution in [3.63, 3.8) is 0 Å². The van der Waals surface area contributed by atoms with E-state index in [2.05, 4.69) is 5.32 Å². The Morgan fingerprint density at radius 3 is 2.05 bits per heavy atom. The Kier molecular flexibility index (Phi) is 4.52. The van der Waals surface area contributed by atoms with Gasteiger partial charge in [-0.1, -0.05) is 0 Å². The molecule has 2 aliphatic rings. The molecule has 2 rings (SSSR count). The van der Waals surface area contributed by atoms with E-state index in [1.807, 2.05) is 27.7 Å². The Morgan fingerprint density at radius 2 is 1.59 bits per heavy atom. The smallest absolute Gasteiger partial charge is 0.328 e. The second-order valence-electron chi connectivity index (χ2n) is 7.53. The number of aliphatic carboxylic acids is 1. The van der Waals surface area contributed by atoms with E-state index >= 15 is 0 Å². The molecule has 0 aromatic heterocycles. The zero-order chi connectivity index (χ0) is 16.6. The summed E-state index contributed by atoms with van der Waals surface area (Å²) in [4.78, 5) is 24.0. The highest BCUT2D eigenvalue weighted by atomic mass is 16.7. The molecular weight excluding hydrogens is 290 g/mol. The number of carbonyl (C=O) groups excluding carboxylic acids is 1. The number of nitrogens with one attached hydrogen (secondary N) is 1. The Bertz CT molecular complexity index is 437. The van der Waals surface area contributed by atoms with E-state index < -0.39 is 17.4 Å². The van der Waals surface area contributed by atoms with Crippen LogP contribution in [-0.2, 0) is 23.8 Å². The van der Waals surface area contributed by atoms with Gasteiger partial charge in [-0.05, 0) is 27.7 Å². The van der Waals surface area contributed by atoms with E-state index in [9.17, 15) is 14.7 Å². The zero-order valence-electron chi connectivity index (χ0n) is 13.6. The van der Waals surface area contributed by atoms with E-state index in [4.69, 9.17) is 14.2 Å². The number of carbonyl (C=O) groups is 2. The first-order chi connectivity index (χ1) is 10.1. The Labute approximate surface area is 130 Å². The molecule has 126 valence electrons. The van der Waals surface area contributed by atoms with Crippen LogP contribution in [0.3, 0.4) is 0 Å². The van der Waals surface area contributed by atoms with E-state index in [1.54, 1.807) is 0 Å². The van der Waals surface area contributed by atoms with Crippen LogP contribution in [-0.4, -0.2) is 54.2 Å². The van der Waals surface area contributed by atoms with Crippen LogP contribution < -0.4 is 5.32 Å². The molecule has 7 nitrogen and oxygen atoms in total. The first kappa shape index (κ1) is 17.2.